The molecule has 1 aromatic carbocycles. The lowest BCUT2D eigenvalue weighted by atomic mass is 10.0. The molecule has 3 aromatic rings. The minimum absolute atomic E-state index is 0.0354. The molecule has 2 aliphatic rings. The third-order valence-corrected chi connectivity index (χ3v) is 5.75. The van der Waals surface area contributed by atoms with Crippen molar-refractivity contribution in [1.29, 1.82) is 0 Å². The van der Waals surface area contributed by atoms with Gasteiger partial charge in [0, 0.05) is 35.9 Å². The fourth-order valence-corrected chi connectivity index (χ4v) is 3.91. The Bertz CT molecular complexity index is 1560. The maximum atomic E-state index is 13.5. The molecule has 180 valence electrons. The van der Waals surface area contributed by atoms with Crippen molar-refractivity contribution in [2.75, 3.05) is 6.54 Å². The summed E-state index contributed by atoms with van der Waals surface area (Å²) >= 11 is 0. The molecule has 2 aliphatic heterocycles. The van der Waals surface area contributed by atoms with Crippen LogP contribution in [0.5, 0.6) is 0 Å². The number of carbonyl (C=O) groups excluding carboxylic acids is 1. The zero-order chi connectivity index (χ0) is 25.2. The van der Waals surface area contributed by atoms with Gasteiger partial charge in [-0.15, -0.1) is 0 Å². The molecule has 0 bridgehead atoms. The third kappa shape index (κ3) is 4.49. The molecule has 0 saturated heterocycles. The van der Waals surface area contributed by atoms with E-state index in [4.69, 9.17) is 0 Å². The maximum Gasteiger partial charge on any atom is 0.263 e. The highest BCUT2D eigenvalue weighted by molar-refractivity contribution is 6.18. The highest BCUT2D eigenvalue weighted by atomic mass is 19.2. The summed E-state index contributed by atoms with van der Waals surface area (Å²) in [5.41, 5.74) is 2.48. The summed E-state index contributed by atoms with van der Waals surface area (Å²) in [5, 5.41) is 13.8. The summed E-state index contributed by atoms with van der Waals surface area (Å²) in [6.07, 6.45) is 9.67. The molecule has 36 heavy (non-hydrogen) atoms. The molecule has 0 saturated carbocycles. The first-order chi connectivity index (χ1) is 17.4. The summed E-state index contributed by atoms with van der Waals surface area (Å²) in [4.78, 5) is 34.2. The number of aromatic nitrogens is 2. The predicted molar refractivity (Wildman–Crippen MR) is 129 cm³/mol. The Morgan fingerprint density at radius 1 is 1.11 bits per heavy atom. The van der Waals surface area contributed by atoms with Crippen molar-refractivity contribution >= 4 is 23.5 Å². The number of hydrogen-bond acceptors (Lipinski definition) is 6. The summed E-state index contributed by atoms with van der Waals surface area (Å²) in [6.45, 7) is -0.0999. The molecule has 0 spiro atoms. The summed E-state index contributed by atoms with van der Waals surface area (Å²) < 4.78 is 27.9. The number of rotatable bonds is 5. The van der Waals surface area contributed by atoms with Gasteiger partial charge in [0.15, 0.2) is 17.5 Å². The van der Waals surface area contributed by atoms with Gasteiger partial charge in [-0.1, -0.05) is 6.07 Å². The van der Waals surface area contributed by atoms with Crippen LogP contribution in [0.1, 0.15) is 21.5 Å². The SMILES string of the molecule is O=C(NCC1=C/C(=C2/C=Nc3ncccc32)C=CN1O)c1cccn(Cc2ccc(F)c(F)c2)c1=O. The second-order valence-electron chi connectivity index (χ2n) is 8.08. The summed E-state index contributed by atoms with van der Waals surface area (Å²) in [5.74, 6) is -2.04. The molecule has 0 unspecified atom stereocenters. The maximum absolute atomic E-state index is 13.5. The van der Waals surface area contributed by atoms with Crippen molar-refractivity contribution in [3.05, 3.63) is 123 Å². The minimum Gasteiger partial charge on any atom is -0.346 e. The van der Waals surface area contributed by atoms with Gasteiger partial charge >= 0.3 is 0 Å². The second kappa shape index (κ2) is 9.51. The average Bonchev–Trinajstić information content (AvgIpc) is 3.31. The van der Waals surface area contributed by atoms with E-state index in [1.807, 2.05) is 12.1 Å². The monoisotopic (exact) mass is 487 g/mol. The molecular weight excluding hydrogens is 468 g/mol. The summed E-state index contributed by atoms with van der Waals surface area (Å²) in [6, 6.07) is 9.95. The second-order valence-corrected chi connectivity index (χ2v) is 8.08. The molecule has 0 fully saturated rings. The van der Waals surface area contributed by atoms with E-state index in [2.05, 4.69) is 15.3 Å². The smallest absolute Gasteiger partial charge is 0.263 e. The van der Waals surface area contributed by atoms with E-state index in [0.29, 0.717) is 17.1 Å². The number of amides is 1. The first-order valence-corrected chi connectivity index (χ1v) is 10.9. The predicted octanol–water partition coefficient (Wildman–Crippen LogP) is 3.57. The van der Waals surface area contributed by atoms with E-state index in [0.717, 1.165) is 33.9 Å². The van der Waals surface area contributed by atoms with Crippen molar-refractivity contribution in [3.8, 4) is 0 Å². The number of hydroxylamine groups is 2. The first-order valence-electron chi connectivity index (χ1n) is 10.9. The number of nitrogens with one attached hydrogen (secondary N) is 1. The van der Waals surface area contributed by atoms with Crippen molar-refractivity contribution in [2.45, 2.75) is 6.54 Å². The molecular formula is C26H19F2N5O3. The van der Waals surface area contributed by atoms with Crippen molar-refractivity contribution < 1.29 is 18.8 Å². The fourth-order valence-electron chi connectivity index (χ4n) is 3.91. The highest BCUT2D eigenvalue weighted by Gasteiger charge is 2.20. The van der Waals surface area contributed by atoms with E-state index in [1.165, 1.54) is 35.2 Å². The van der Waals surface area contributed by atoms with Crippen LogP contribution < -0.4 is 10.9 Å². The van der Waals surface area contributed by atoms with Crippen LogP contribution >= 0.6 is 0 Å². The van der Waals surface area contributed by atoms with Gasteiger partial charge in [0.05, 0.1) is 18.8 Å². The lowest BCUT2D eigenvalue weighted by Gasteiger charge is -2.21. The van der Waals surface area contributed by atoms with Crippen LogP contribution in [0, 0.1) is 11.6 Å². The fraction of sp³-hybridized carbons (Fsp3) is 0.0769. The van der Waals surface area contributed by atoms with Gasteiger partial charge in [-0.3, -0.25) is 14.8 Å². The molecule has 2 aromatic heterocycles. The highest BCUT2D eigenvalue weighted by Crippen LogP contribution is 2.33. The number of pyridine rings is 2. The van der Waals surface area contributed by atoms with Crippen LogP contribution in [0.2, 0.25) is 0 Å². The van der Waals surface area contributed by atoms with Crippen molar-refractivity contribution in [1.82, 2.24) is 19.9 Å². The molecule has 4 heterocycles. The van der Waals surface area contributed by atoms with Gasteiger partial charge in [-0.2, -0.15) is 0 Å². The lowest BCUT2D eigenvalue weighted by molar-refractivity contribution is -0.00696. The van der Waals surface area contributed by atoms with Crippen LogP contribution in [-0.4, -0.2) is 38.5 Å². The van der Waals surface area contributed by atoms with Crippen molar-refractivity contribution in [2.24, 2.45) is 4.99 Å². The molecule has 1 amide bonds. The van der Waals surface area contributed by atoms with Gasteiger partial charge in [-0.05, 0) is 59.7 Å². The van der Waals surface area contributed by atoms with E-state index >= 15 is 0 Å². The Kier molecular flexibility index (Phi) is 6.09. The molecule has 0 atom stereocenters. The number of fused-ring (bicyclic) bond motifs is 1. The Morgan fingerprint density at radius 2 is 1.97 bits per heavy atom. The van der Waals surface area contributed by atoms with Crippen LogP contribution in [0.25, 0.3) is 5.57 Å². The number of allylic oxidation sites excluding steroid dienone is 4. The lowest BCUT2D eigenvalue weighted by Crippen LogP contribution is -2.35. The molecule has 5 rings (SSSR count). The van der Waals surface area contributed by atoms with E-state index < -0.39 is 23.1 Å². The number of hydrogen-bond donors (Lipinski definition) is 2. The molecule has 8 nitrogen and oxygen atoms in total. The van der Waals surface area contributed by atoms with Crippen LogP contribution in [-0.2, 0) is 6.54 Å². The Hall–Kier alpha value is -4.70. The number of nitrogens with zero attached hydrogens (tertiary/aromatic N) is 4. The normalized spacial score (nSPS) is 16.2. The Labute approximate surface area is 203 Å². The van der Waals surface area contributed by atoms with Crippen LogP contribution in [0.15, 0.2) is 94.3 Å². The topological polar surface area (TPSA) is 99.8 Å². The van der Waals surface area contributed by atoms with E-state index in [9.17, 15) is 23.6 Å². The van der Waals surface area contributed by atoms with Crippen molar-refractivity contribution in [3.63, 3.8) is 0 Å². The quantitative estimate of drug-likeness (QED) is 0.573. The standard InChI is InChI=1S/C26H19F2N5O3/c27-22-6-5-16(11-23(22)28)15-32-9-2-4-20(26(32)35)25(34)31-13-18-12-17(7-10-33(18)36)21-14-30-24-19(21)3-1-8-29-24/h1-12,14,36H,13,15H2,(H,31,34)/b21-17-. The number of carbonyl (C=O) groups is 1. The van der Waals surface area contributed by atoms with Gasteiger partial charge in [0.2, 0.25) is 0 Å². The first kappa shape index (κ1) is 23.1. The molecule has 0 radical (unpaired) electrons. The number of benzene rings is 1. The Balaban J connectivity index is 1.33. The van der Waals surface area contributed by atoms with Gasteiger partial charge in [0.25, 0.3) is 11.5 Å². The Morgan fingerprint density at radius 3 is 2.81 bits per heavy atom. The zero-order valence-electron chi connectivity index (χ0n) is 18.7. The third-order valence-electron chi connectivity index (χ3n) is 5.75. The van der Waals surface area contributed by atoms with Crippen LogP contribution in [0.3, 0.4) is 0 Å². The van der Waals surface area contributed by atoms with E-state index in [1.54, 1.807) is 24.6 Å². The van der Waals surface area contributed by atoms with Crippen LogP contribution in [0.4, 0.5) is 14.6 Å². The average molecular weight is 487 g/mol. The minimum atomic E-state index is -1.02. The molecule has 2 N–H and O–H groups in total. The van der Waals surface area contributed by atoms with Gasteiger partial charge < -0.3 is 9.88 Å². The van der Waals surface area contributed by atoms with Gasteiger partial charge in [0.1, 0.15) is 5.56 Å². The number of aliphatic imine (C=N–C) groups is 1. The summed E-state index contributed by atoms with van der Waals surface area (Å²) in [7, 11) is 0. The molecule has 0 aliphatic carbocycles. The zero-order valence-corrected chi connectivity index (χ0v) is 18.7. The van der Waals surface area contributed by atoms with E-state index in [-0.39, 0.29) is 18.7 Å². The van der Waals surface area contributed by atoms with Gasteiger partial charge in [-0.25, -0.2) is 23.8 Å². The number of halogens is 2. The largest absolute Gasteiger partial charge is 0.346 e. The molecule has 10 heteroatoms.